The molecule has 1 aromatic carbocycles. The third-order valence-electron chi connectivity index (χ3n) is 3.92. The number of hydrogen-bond donors (Lipinski definition) is 2. The van der Waals surface area contributed by atoms with Crippen LogP contribution in [0.4, 0.5) is 4.39 Å². The van der Waals surface area contributed by atoms with Gasteiger partial charge in [0, 0.05) is 26.1 Å². The van der Waals surface area contributed by atoms with Crippen molar-refractivity contribution < 1.29 is 14.0 Å². The summed E-state index contributed by atoms with van der Waals surface area (Å²) in [4.78, 5) is 26.1. The second-order valence-corrected chi connectivity index (χ2v) is 7.38. The van der Waals surface area contributed by atoms with Gasteiger partial charge in [0.05, 0.1) is 12.6 Å². The number of benzene rings is 1. The van der Waals surface area contributed by atoms with E-state index in [1.165, 1.54) is 12.1 Å². The highest BCUT2D eigenvalue weighted by Gasteiger charge is 2.28. The molecule has 1 unspecified atom stereocenters. The maximum Gasteiger partial charge on any atom is 0.242 e. The number of piperazine rings is 1. The lowest BCUT2D eigenvalue weighted by molar-refractivity contribution is -0.136. The van der Waals surface area contributed by atoms with Gasteiger partial charge in [-0.05, 0) is 23.1 Å². The average Bonchev–Trinajstić information content (AvgIpc) is 2.51. The highest BCUT2D eigenvalue weighted by molar-refractivity contribution is 5.85. The monoisotopic (exact) mass is 335 g/mol. The summed E-state index contributed by atoms with van der Waals surface area (Å²) in [5, 5.41) is 5.92. The van der Waals surface area contributed by atoms with Crippen LogP contribution in [0.2, 0.25) is 0 Å². The van der Waals surface area contributed by atoms with Crippen molar-refractivity contribution in [3.63, 3.8) is 0 Å². The summed E-state index contributed by atoms with van der Waals surface area (Å²) < 4.78 is 13.5. The van der Waals surface area contributed by atoms with Crippen molar-refractivity contribution in [1.82, 2.24) is 15.5 Å². The third-order valence-corrected chi connectivity index (χ3v) is 3.92. The number of carbonyl (C=O) groups is 2. The SMILES string of the molecule is CC(C)(C)CC(=O)NCC(=O)N1CCNCC1c1cccc(F)c1. The molecule has 1 heterocycles. The molecular formula is C18H26FN3O2. The molecule has 0 aromatic heterocycles. The maximum atomic E-state index is 13.5. The van der Waals surface area contributed by atoms with Crippen molar-refractivity contribution in [2.45, 2.75) is 33.2 Å². The van der Waals surface area contributed by atoms with Crippen LogP contribution in [-0.4, -0.2) is 42.9 Å². The first-order valence-corrected chi connectivity index (χ1v) is 8.28. The number of hydrogen-bond acceptors (Lipinski definition) is 3. The molecule has 1 atom stereocenters. The molecule has 2 N–H and O–H groups in total. The summed E-state index contributed by atoms with van der Waals surface area (Å²) >= 11 is 0. The topological polar surface area (TPSA) is 61.4 Å². The molecule has 0 radical (unpaired) electrons. The van der Waals surface area contributed by atoms with Crippen LogP contribution >= 0.6 is 0 Å². The van der Waals surface area contributed by atoms with Crippen molar-refractivity contribution >= 4 is 11.8 Å². The molecule has 0 bridgehead atoms. The van der Waals surface area contributed by atoms with Gasteiger partial charge >= 0.3 is 0 Å². The minimum absolute atomic E-state index is 0.0271. The molecule has 24 heavy (non-hydrogen) atoms. The Morgan fingerprint density at radius 1 is 1.38 bits per heavy atom. The van der Waals surface area contributed by atoms with E-state index in [9.17, 15) is 14.0 Å². The third kappa shape index (κ3) is 5.30. The van der Waals surface area contributed by atoms with E-state index >= 15 is 0 Å². The highest BCUT2D eigenvalue weighted by Crippen LogP contribution is 2.23. The van der Waals surface area contributed by atoms with Crippen molar-refractivity contribution in [1.29, 1.82) is 0 Å². The predicted octanol–water partition coefficient (Wildman–Crippen LogP) is 1.85. The largest absolute Gasteiger partial charge is 0.347 e. The first-order valence-electron chi connectivity index (χ1n) is 8.28. The highest BCUT2D eigenvalue weighted by atomic mass is 19.1. The number of rotatable bonds is 4. The van der Waals surface area contributed by atoms with Crippen molar-refractivity contribution in [2.75, 3.05) is 26.2 Å². The minimum Gasteiger partial charge on any atom is -0.347 e. The molecule has 1 saturated heterocycles. The van der Waals surface area contributed by atoms with Crippen molar-refractivity contribution in [2.24, 2.45) is 5.41 Å². The molecule has 1 aromatic rings. The van der Waals surface area contributed by atoms with Crippen LogP contribution in [0.25, 0.3) is 0 Å². The predicted molar refractivity (Wildman–Crippen MR) is 90.8 cm³/mol. The van der Waals surface area contributed by atoms with Crippen LogP contribution in [0.1, 0.15) is 38.8 Å². The van der Waals surface area contributed by atoms with Gasteiger partial charge in [-0.2, -0.15) is 0 Å². The summed E-state index contributed by atoms with van der Waals surface area (Å²) in [5.74, 6) is -0.592. The lowest BCUT2D eigenvalue weighted by atomic mass is 9.92. The van der Waals surface area contributed by atoms with E-state index in [0.717, 1.165) is 5.56 Å². The summed E-state index contributed by atoms with van der Waals surface area (Å²) in [5.41, 5.74) is 0.642. The fraction of sp³-hybridized carbons (Fsp3) is 0.556. The standard InChI is InChI=1S/C18H26FN3O2/c1-18(2,3)10-16(23)21-12-17(24)22-8-7-20-11-15(22)13-5-4-6-14(19)9-13/h4-6,9,15,20H,7-8,10-12H2,1-3H3,(H,21,23). The van der Waals surface area contributed by atoms with E-state index in [1.807, 2.05) is 26.8 Å². The molecule has 1 aliphatic rings. The quantitative estimate of drug-likeness (QED) is 0.883. The number of halogens is 1. The molecule has 0 aliphatic carbocycles. The van der Waals surface area contributed by atoms with Gasteiger partial charge in [-0.15, -0.1) is 0 Å². The van der Waals surface area contributed by atoms with Gasteiger partial charge in [0.25, 0.3) is 0 Å². The number of amides is 2. The Labute approximate surface area is 142 Å². The summed E-state index contributed by atoms with van der Waals surface area (Å²) in [6.45, 7) is 7.70. The van der Waals surface area contributed by atoms with Gasteiger partial charge in [-0.1, -0.05) is 32.9 Å². The molecule has 0 saturated carbocycles. The maximum absolute atomic E-state index is 13.5. The summed E-state index contributed by atoms with van der Waals surface area (Å²) in [7, 11) is 0. The molecule has 0 spiro atoms. The molecule has 2 amide bonds. The van der Waals surface area contributed by atoms with E-state index in [-0.39, 0.29) is 35.6 Å². The average molecular weight is 335 g/mol. The second kappa shape index (κ2) is 7.75. The fourth-order valence-corrected chi connectivity index (χ4v) is 2.83. The Morgan fingerprint density at radius 3 is 2.79 bits per heavy atom. The molecule has 2 rings (SSSR count). The van der Waals surface area contributed by atoms with E-state index in [2.05, 4.69) is 10.6 Å². The second-order valence-electron chi connectivity index (χ2n) is 7.38. The molecule has 6 heteroatoms. The minimum atomic E-state index is -0.316. The van der Waals surface area contributed by atoms with E-state index < -0.39 is 0 Å². The Morgan fingerprint density at radius 2 is 2.12 bits per heavy atom. The summed E-state index contributed by atoms with van der Waals surface area (Å²) in [6, 6.07) is 6.09. The first kappa shape index (κ1) is 18.4. The van der Waals surface area contributed by atoms with E-state index in [4.69, 9.17) is 0 Å². The van der Waals surface area contributed by atoms with Crippen LogP contribution in [0, 0.1) is 11.2 Å². The molecule has 1 fully saturated rings. The smallest absolute Gasteiger partial charge is 0.242 e. The lowest BCUT2D eigenvalue weighted by Gasteiger charge is -2.36. The molecule has 132 valence electrons. The fourth-order valence-electron chi connectivity index (χ4n) is 2.83. The Bertz CT molecular complexity index is 598. The van der Waals surface area contributed by atoms with Crippen molar-refractivity contribution in [3.8, 4) is 0 Å². The van der Waals surface area contributed by atoms with Gasteiger partial charge in [-0.25, -0.2) is 4.39 Å². The zero-order valence-electron chi connectivity index (χ0n) is 14.6. The Balaban J connectivity index is 1.99. The van der Waals surface area contributed by atoms with Crippen LogP contribution in [0.15, 0.2) is 24.3 Å². The molecule has 1 aliphatic heterocycles. The van der Waals surface area contributed by atoms with Crippen molar-refractivity contribution in [3.05, 3.63) is 35.6 Å². The van der Waals surface area contributed by atoms with E-state index in [1.54, 1.807) is 11.0 Å². The number of nitrogens with zero attached hydrogens (tertiary/aromatic N) is 1. The van der Waals surface area contributed by atoms with Gasteiger partial charge in [0.15, 0.2) is 0 Å². The first-order chi connectivity index (χ1) is 11.3. The van der Waals surface area contributed by atoms with Crippen LogP contribution in [0.5, 0.6) is 0 Å². The van der Waals surface area contributed by atoms with Crippen LogP contribution < -0.4 is 10.6 Å². The van der Waals surface area contributed by atoms with Crippen LogP contribution in [0.3, 0.4) is 0 Å². The number of carbonyl (C=O) groups excluding carboxylic acids is 2. The lowest BCUT2D eigenvalue weighted by Crippen LogP contribution is -2.51. The zero-order chi connectivity index (χ0) is 17.7. The van der Waals surface area contributed by atoms with Crippen LogP contribution in [-0.2, 0) is 9.59 Å². The zero-order valence-corrected chi connectivity index (χ0v) is 14.6. The van der Waals surface area contributed by atoms with E-state index in [0.29, 0.717) is 26.1 Å². The Kier molecular flexibility index (Phi) is 5.94. The van der Waals surface area contributed by atoms with Gasteiger partial charge < -0.3 is 15.5 Å². The Hall–Kier alpha value is -1.95. The van der Waals surface area contributed by atoms with Gasteiger partial charge in [-0.3, -0.25) is 9.59 Å². The summed E-state index contributed by atoms with van der Waals surface area (Å²) in [6.07, 6.45) is 0.370. The number of nitrogens with one attached hydrogen (secondary N) is 2. The molecular weight excluding hydrogens is 309 g/mol. The molecule has 5 nitrogen and oxygen atoms in total. The van der Waals surface area contributed by atoms with Gasteiger partial charge in [0.2, 0.25) is 11.8 Å². The van der Waals surface area contributed by atoms with Gasteiger partial charge in [0.1, 0.15) is 5.82 Å². The normalized spacial score (nSPS) is 18.3.